The number of aromatic nitrogens is 2. The van der Waals surface area contributed by atoms with Gasteiger partial charge in [0.05, 0.1) is 5.75 Å². The molecule has 1 fully saturated rings. The van der Waals surface area contributed by atoms with Gasteiger partial charge in [0.15, 0.2) is 5.82 Å². The maximum absolute atomic E-state index is 5.93. The lowest BCUT2D eigenvalue weighted by molar-refractivity contribution is 0.297. The fourth-order valence-electron chi connectivity index (χ4n) is 2.07. The van der Waals surface area contributed by atoms with Gasteiger partial charge in [0, 0.05) is 12.0 Å². The van der Waals surface area contributed by atoms with Crippen molar-refractivity contribution in [1.29, 1.82) is 0 Å². The summed E-state index contributed by atoms with van der Waals surface area (Å²) in [5, 5.41) is 3.96. The van der Waals surface area contributed by atoms with Crippen molar-refractivity contribution in [3.05, 3.63) is 11.7 Å². The summed E-state index contributed by atoms with van der Waals surface area (Å²) < 4.78 is 5.28. The number of nitrogens with zero attached hydrogens (tertiary/aromatic N) is 2. The van der Waals surface area contributed by atoms with Crippen molar-refractivity contribution in [2.75, 3.05) is 6.26 Å². The molecule has 5 heteroatoms. The first kappa shape index (κ1) is 11.0. The normalized spacial score (nSPS) is 26.8. The molecular weight excluding hydrogens is 210 g/mol. The van der Waals surface area contributed by atoms with Crippen molar-refractivity contribution in [3.8, 4) is 0 Å². The molecule has 1 aliphatic rings. The Labute approximate surface area is 94.0 Å². The minimum Gasteiger partial charge on any atom is -0.339 e. The van der Waals surface area contributed by atoms with Crippen molar-refractivity contribution in [1.82, 2.24) is 10.1 Å². The first-order chi connectivity index (χ1) is 7.29. The molecule has 1 saturated carbocycles. The summed E-state index contributed by atoms with van der Waals surface area (Å²) in [7, 11) is 0. The van der Waals surface area contributed by atoms with Gasteiger partial charge in [0.2, 0.25) is 5.89 Å². The molecule has 1 aromatic heterocycles. The van der Waals surface area contributed by atoms with E-state index < -0.39 is 0 Å². The molecule has 1 heterocycles. The number of rotatable bonds is 3. The molecule has 1 aromatic rings. The third kappa shape index (κ3) is 2.72. The van der Waals surface area contributed by atoms with Crippen LogP contribution in [-0.2, 0) is 5.75 Å². The van der Waals surface area contributed by atoms with Gasteiger partial charge in [-0.2, -0.15) is 16.7 Å². The van der Waals surface area contributed by atoms with Crippen LogP contribution in [0, 0.1) is 0 Å². The zero-order chi connectivity index (χ0) is 10.7. The second kappa shape index (κ2) is 4.99. The SMILES string of the molecule is CSCc1noc(C2CCCC(N)C2)n1. The number of nitrogens with two attached hydrogens (primary N) is 1. The Bertz CT molecular complexity index is 315. The van der Waals surface area contributed by atoms with Crippen LogP contribution in [0.4, 0.5) is 0 Å². The molecule has 4 nitrogen and oxygen atoms in total. The summed E-state index contributed by atoms with van der Waals surface area (Å²) in [6.07, 6.45) is 6.45. The fraction of sp³-hybridized carbons (Fsp3) is 0.800. The van der Waals surface area contributed by atoms with Crippen LogP contribution in [0.3, 0.4) is 0 Å². The second-order valence-electron chi connectivity index (χ2n) is 4.11. The van der Waals surface area contributed by atoms with Crippen molar-refractivity contribution >= 4 is 11.8 Å². The average Bonchev–Trinajstić information content (AvgIpc) is 2.67. The molecule has 2 unspecified atom stereocenters. The lowest BCUT2D eigenvalue weighted by atomic mass is 9.86. The monoisotopic (exact) mass is 227 g/mol. The summed E-state index contributed by atoms with van der Waals surface area (Å²) >= 11 is 1.71. The van der Waals surface area contributed by atoms with Gasteiger partial charge in [-0.1, -0.05) is 11.6 Å². The Morgan fingerprint density at radius 1 is 1.53 bits per heavy atom. The van der Waals surface area contributed by atoms with Crippen LogP contribution >= 0.6 is 11.8 Å². The first-order valence-electron chi connectivity index (χ1n) is 5.36. The molecule has 1 aliphatic carbocycles. The van der Waals surface area contributed by atoms with Crippen molar-refractivity contribution in [2.24, 2.45) is 5.73 Å². The second-order valence-corrected chi connectivity index (χ2v) is 4.97. The van der Waals surface area contributed by atoms with E-state index in [0.717, 1.165) is 36.7 Å². The van der Waals surface area contributed by atoms with Gasteiger partial charge < -0.3 is 10.3 Å². The van der Waals surface area contributed by atoms with Gasteiger partial charge in [0.1, 0.15) is 0 Å². The highest BCUT2D eigenvalue weighted by molar-refractivity contribution is 7.97. The van der Waals surface area contributed by atoms with Gasteiger partial charge in [-0.05, 0) is 25.5 Å². The number of hydrogen-bond donors (Lipinski definition) is 1. The molecule has 2 atom stereocenters. The van der Waals surface area contributed by atoms with E-state index in [9.17, 15) is 0 Å². The van der Waals surface area contributed by atoms with Crippen LogP contribution in [0.25, 0.3) is 0 Å². The molecule has 2 N–H and O–H groups in total. The molecule has 0 aromatic carbocycles. The fourth-order valence-corrected chi connectivity index (χ4v) is 2.45. The molecule has 84 valence electrons. The maximum Gasteiger partial charge on any atom is 0.229 e. The van der Waals surface area contributed by atoms with Gasteiger partial charge >= 0.3 is 0 Å². The molecule has 2 rings (SSSR count). The van der Waals surface area contributed by atoms with Crippen molar-refractivity contribution < 1.29 is 4.52 Å². The van der Waals surface area contributed by atoms with E-state index in [1.807, 2.05) is 6.26 Å². The predicted octanol–water partition coefficient (Wildman–Crippen LogP) is 1.92. The molecule has 0 bridgehead atoms. The highest BCUT2D eigenvalue weighted by atomic mass is 32.2. The van der Waals surface area contributed by atoms with E-state index in [1.54, 1.807) is 11.8 Å². The van der Waals surface area contributed by atoms with E-state index in [0.29, 0.717) is 12.0 Å². The Morgan fingerprint density at radius 2 is 2.40 bits per heavy atom. The molecule has 15 heavy (non-hydrogen) atoms. The van der Waals surface area contributed by atoms with Crippen LogP contribution in [0.1, 0.15) is 43.3 Å². The Kier molecular flexibility index (Phi) is 3.64. The van der Waals surface area contributed by atoms with Gasteiger partial charge in [-0.15, -0.1) is 0 Å². The number of hydrogen-bond acceptors (Lipinski definition) is 5. The summed E-state index contributed by atoms with van der Waals surface area (Å²) in [5.74, 6) is 2.80. The Morgan fingerprint density at radius 3 is 3.13 bits per heavy atom. The highest BCUT2D eigenvalue weighted by Crippen LogP contribution is 2.31. The predicted molar refractivity (Wildman–Crippen MR) is 60.7 cm³/mol. The third-order valence-corrected chi connectivity index (χ3v) is 3.37. The van der Waals surface area contributed by atoms with Crippen LogP contribution < -0.4 is 5.73 Å². The first-order valence-corrected chi connectivity index (χ1v) is 6.76. The lowest BCUT2D eigenvalue weighted by Gasteiger charge is -2.23. The van der Waals surface area contributed by atoms with Crippen molar-refractivity contribution in [3.63, 3.8) is 0 Å². The molecule has 0 spiro atoms. The van der Waals surface area contributed by atoms with E-state index in [1.165, 1.54) is 6.42 Å². The standard InChI is InChI=1S/C10H17N3OS/c1-15-6-9-12-10(14-13-9)7-3-2-4-8(11)5-7/h7-8H,2-6,11H2,1H3. The summed E-state index contributed by atoms with van der Waals surface area (Å²) in [5.41, 5.74) is 5.93. The van der Waals surface area contributed by atoms with Crippen LogP contribution in [-0.4, -0.2) is 22.4 Å². The van der Waals surface area contributed by atoms with Crippen LogP contribution in [0.15, 0.2) is 4.52 Å². The minimum atomic E-state index is 0.305. The van der Waals surface area contributed by atoms with Crippen LogP contribution in [0.5, 0.6) is 0 Å². The zero-order valence-electron chi connectivity index (χ0n) is 8.98. The Hall–Kier alpha value is -0.550. The topological polar surface area (TPSA) is 64.9 Å². The Balaban J connectivity index is 2.01. The molecular formula is C10H17N3OS. The van der Waals surface area contributed by atoms with E-state index >= 15 is 0 Å². The average molecular weight is 227 g/mol. The zero-order valence-corrected chi connectivity index (χ0v) is 9.80. The summed E-state index contributed by atoms with van der Waals surface area (Å²) in [6, 6.07) is 0.305. The lowest BCUT2D eigenvalue weighted by Crippen LogP contribution is -2.26. The number of thioether (sulfide) groups is 1. The minimum absolute atomic E-state index is 0.305. The third-order valence-electron chi connectivity index (χ3n) is 2.82. The quantitative estimate of drug-likeness (QED) is 0.854. The van der Waals surface area contributed by atoms with E-state index in [2.05, 4.69) is 10.1 Å². The molecule has 0 amide bonds. The highest BCUT2D eigenvalue weighted by Gasteiger charge is 2.25. The van der Waals surface area contributed by atoms with Crippen molar-refractivity contribution in [2.45, 2.75) is 43.4 Å². The van der Waals surface area contributed by atoms with E-state index in [-0.39, 0.29) is 0 Å². The summed E-state index contributed by atoms with van der Waals surface area (Å²) in [4.78, 5) is 4.40. The smallest absolute Gasteiger partial charge is 0.229 e. The van der Waals surface area contributed by atoms with Crippen LogP contribution in [0.2, 0.25) is 0 Å². The maximum atomic E-state index is 5.93. The molecule has 0 radical (unpaired) electrons. The largest absolute Gasteiger partial charge is 0.339 e. The molecule has 0 saturated heterocycles. The van der Waals surface area contributed by atoms with Gasteiger partial charge in [-0.25, -0.2) is 0 Å². The van der Waals surface area contributed by atoms with E-state index in [4.69, 9.17) is 10.3 Å². The summed E-state index contributed by atoms with van der Waals surface area (Å²) in [6.45, 7) is 0. The van der Waals surface area contributed by atoms with Gasteiger partial charge in [0.25, 0.3) is 0 Å². The van der Waals surface area contributed by atoms with Gasteiger partial charge in [-0.3, -0.25) is 0 Å². The molecule has 0 aliphatic heterocycles.